The van der Waals surface area contributed by atoms with Gasteiger partial charge in [-0.05, 0) is 52.1 Å². The second-order valence-corrected chi connectivity index (χ2v) is 6.41. The second-order valence-electron chi connectivity index (χ2n) is 6.41. The Morgan fingerprint density at radius 3 is 1.71 bits per heavy atom. The zero-order chi connectivity index (χ0) is 22.9. The van der Waals surface area contributed by atoms with E-state index in [2.05, 4.69) is 0 Å². The number of allylic oxidation sites excluding steroid dienone is 4. The van der Waals surface area contributed by atoms with Crippen LogP contribution in [0, 0.1) is 0 Å². The predicted octanol–water partition coefficient (Wildman–Crippen LogP) is -9.14. The van der Waals surface area contributed by atoms with E-state index in [9.17, 15) is 44.7 Å². The standard InChI is InChI=1S/C22H14O9.3Na/c23-16-4-1-10(7-13(16)20(26)27)19(11-2-5-17(24)14(8-11)21(28)29)12-3-6-18(25)15(9-12)22(30)31;;;/h1-9,23-24H,(H,26,27)(H,28,29)(H,30,31);;;/q;3*+1/p-3. The maximum Gasteiger partial charge on any atom is 1.00 e. The fourth-order valence-electron chi connectivity index (χ4n) is 3.05. The summed E-state index contributed by atoms with van der Waals surface area (Å²) in [6, 6.07) is 6.49. The van der Waals surface area contributed by atoms with Crippen LogP contribution in [0.1, 0.15) is 31.8 Å². The summed E-state index contributed by atoms with van der Waals surface area (Å²) in [5.74, 6) is -7.13. The van der Waals surface area contributed by atoms with E-state index >= 15 is 0 Å². The molecule has 0 aliphatic heterocycles. The summed E-state index contributed by atoms with van der Waals surface area (Å²) in [4.78, 5) is 45.9. The summed E-state index contributed by atoms with van der Waals surface area (Å²) in [6.07, 6.45) is 3.29. The first kappa shape index (κ1) is 32.3. The monoisotopic (exact) mass is 488 g/mol. The third-order valence-electron chi connectivity index (χ3n) is 4.49. The summed E-state index contributed by atoms with van der Waals surface area (Å²) in [6.45, 7) is 0. The number of hydrogen-bond donors (Lipinski definition) is 2. The van der Waals surface area contributed by atoms with E-state index in [1.54, 1.807) is 0 Å². The van der Waals surface area contributed by atoms with Crippen molar-refractivity contribution in [1.29, 1.82) is 0 Å². The summed E-state index contributed by atoms with van der Waals surface area (Å²) in [7, 11) is 0. The van der Waals surface area contributed by atoms with Gasteiger partial charge in [0.25, 0.3) is 0 Å². The molecule has 3 rings (SSSR count). The minimum atomic E-state index is -1.74. The topological polar surface area (TPSA) is 178 Å². The van der Waals surface area contributed by atoms with Gasteiger partial charge in [0.15, 0.2) is 5.78 Å². The van der Waals surface area contributed by atoms with Gasteiger partial charge in [-0.15, -0.1) is 0 Å². The number of carbonyl (C=O) groups is 4. The number of carboxylic acid groups (broad SMARTS) is 3. The predicted molar refractivity (Wildman–Crippen MR) is 99.0 cm³/mol. The van der Waals surface area contributed by atoms with E-state index < -0.39 is 51.9 Å². The van der Waals surface area contributed by atoms with Gasteiger partial charge in [0.2, 0.25) is 0 Å². The molecule has 2 aromatic rings. The Balaban J connectivity index is 0.00000363. The van der Waals surface area contributed by atoms with Gasteiger partial charge in [-0.25, -0.2) is 9.59 Å². The van der Waals surface area contributed by atoms with Gasteiger partial charge in [-0.1, -0.05) is 41.8 Å². The van der Waals surface area contributed by atoms with Crippen molar-refractivity contribution in [1.82, 2.24) is 0 Å². The smallest absolute Gasteiger partial charge is 0.872 e. The zero-order valence-corrected chi connectivity index (χ0v) is 24.4. The van der Waals surface area contributed by atoms with Gasteiger partial charge < -0.3 is 30.3 Å². The Morgan fingerprint density at radius 2 is 1.24 bits per heavy atom. The first-order valence-corrected chi connectivity index (χ1v) is 8.59. The van der Waals surface area contributed by atoms with E-state index in [4.69, 9.17) is 0 Å². The molecule has 0 fully saturated rings. The van der Waals surface area contributed by atoms with Crippen molar-refractivity contribution < 1.29 is 133 Å². The Bertz CT molecular complexity index is 1190. The first-order chi connectivity index (χ1) is 14.6. The van der Waals surface area contributed by atoms with E-state index in [0.717, 1.165) is 36.4 Å². The number of benzene rings is 2. The number of rotatable bonds is 5. The van der Waals surface area contributed by atoms with Crippen LogP contribution < -0.4 is 104 Å². The normalized spacial score (nSPS) is 13.4. The molecular weight excluding hydrogens is 477 g/mol. The van der Waals surface area contributed by atoms with E-state index in [0.29, 0.717) is 0 Å². The molecule has 0 bridgehead atoms. The summed E-state index contributed by atoms with van der Waals surface area (Å²) >= 11 is 0. The fourth-order valence-corrected chi connectivity index (χ4v) is 3.05. The SMILES string of the molecule is O=C(O)C1=C/C(=C(/c2ccc([O-])c(C(=O)[O-])c2)c2ccc([O-])c(C(=O)O)c2)C=CC1=O.[Na+].[Na+].[Na+]. The molecule has 0 atom stereocenters. The molecule has 1 aliphatic rings. The van der Waals surface area contributed by atoms with Crippen LogP contribution in [0.2, 0.25) is 0 Å². The van der Waals surface area contributed by atoms with Crippen LogP contribution in [0.25, 0.3) is 5.57 Å². The second kappa shape index (κ2) is 13.4. The zero-order valence-electron chi connectivity index (χ0n) is 18.4. The van der Waals surface area contributed by atoms with Gasteiger partial charge in [0.1, 0.15) is 5.57 Å². The number of ketones is 1. The maximum atomic E-state index is 11.8. The van der Waals surface area contributed by atoms with E-state index in [-0.39, 0.29) is 111 Å². The minimum Gasteiger partial charge on any atom is -0.872 e. The van der Waals surface area contributed by atoms with Gasteiger partial charge in [0, 0.05) is 0 Å². The number of aliphatic carboxylic acids is 1. The third kappa shape index (κ3) is 6.94. The van der Waals surface area contributed by atoms with Crippen LogP contribution in [-0.4, -0.2) is 33.9 Å². The molecule has 9 nitrogen and oxygen atoms in total. The Kier molecular flexibility index (Phi) is 12.8. The third-order valence-corrected chi connectivity index (χ3v) is 4.49. The van der Waals surface area contributed by atoms with Gasteiger partial charge in [0.05, 0.1) is 11.5 Å². The molecular formula is C22H11Na3O9. The van der Waals surface area contributed by atoms with Gasteiger partial charge in [-0.3, -0.25) is 4.79 Å². The molecule has 0 unspecified atom stereocenters. The van der Waals surface area contributed by atoms with Crippen LogP contribution in [0.4, 0.5) is 0 Å². The molecule has 2 aromatic carbocycles. The largest absolute Gasteiger partial charge is 1.00 e. The average molecular weight is 488 g/mol. The number of carboxylic acids is 3. The summed E-state index contributed by atoms with van der Waals surface area (Å²) < 4.78 is 0. The molecule has 156 valence electrons. The molecule has 0 aromatic heterocycles. The quantitative estimate of drug-likeness (QED) is 0.306. The Labute approximate surface area is 259 Å². The van der Waals surface area contributed by atoms with Crippen molar-refractivity contribution in [3.63, 3.8) is 0 Å². The molecule has 34 heavy (non-hydrogen) atoms. The molecule has 0 spiro atoms. The van der Waals surface area contributed by atoms with Crippen LogP contribution in [-0.2, 0) is 9.59 Å². The van der Waals surface area contributed by atoms with Crippen molar-refractivity contribution in [3.05, 3.63) is 88.0 Å². The molecule has 0 saturated heterocycles. The molecule has 2 N–H and O–H groups in total. The maximum absolute atomic E-state index is 11.8. The van der Waals surface area contributed by atoms with Crippen LogP contribution >= 0.6 is 0 Å². The average Bonchev–Trinajstić information content (AvgIpc) is 2.71. The Morgan fingerprint density at radius 1 is 0.735 bits per heavy atom. The van der Waals surface area contributed by atoms with Crippen molar-refractivity contribution >= 4 is 29.3 Å². The number of aromatic carboxylic acids is 2. The molecule has 0 heterocycles. The van der Waals surface area contributed by atoms with Crippen molar-refractivity contribution in [2.24, 2.45) is 0 Å². The minimum absolute atomic E-state index is 0. The van der Waals surface area contributed by atoms with Crippen LogP contribution in [0.15, 0.2) is 65.8 Å². The van der Waals surface area contributed by atoms with Crippen LogP contribution in [0.3, 0.4) is 0 Å². The van der Waals surface area contributed by atoms with E-state index in [1.165, 1.54) is 18.2 Å². The summed E-state index contributed by atoms with van der Waals surface area (Å²) in [5.41, 5.74) is -1.38. The molecule has 12 heteroatoms. The molecule has 1 aliphatic carbocycles. The summed E-state index contributed by atoms with van der Waals surface area (Å²) in [5, 5.41) is 53.5. The fraction of sp³-hybridized carbons (Fsp3) is 0. The van der Waals surface area contributed by atoms with E-state index in [1.807, 2.05) is 0 Å². The van der Waals surface area contributed by atoms with Crippen molar-refractivity contribution in [3.8, 4) is 11.5 Å². The van der Waals surface area contributed by atoms with Crippen molar-refractivity contribution in [2.45, 2.75) is 0 Å². The van der Waals surface area contributed by atoms with Crippen LogP contribution in [0.5, 0.6) is 11.5 Å². The first-order valence-electron chi connectivity index (χ1n) is 8.59. The van der Waals surface area contributed by atoms with Crippen molar-refractivity contribution in [2.75, 3.05) is 0 Å². The molecule has 0 amide bonds. The van der Waals surface area contributed by atoms with Gasteiger partial charge >= 0.3 is 101 Å². The number of hydrogen-bond acceptors (Lipinski definition) is 7. The molecule has 0 saturated carbocycles. The Hall–Kier alpha value is -1.66. The molecule has 0 radical (unpaired) electrons. The van der Waals surface area contributed by atoms with Gasteiger partial charge in [-0.2, -0.15) is 0 Å². The number of carbonyl (C=O) groups excluding carboxylic acids is 2.